The molecule has 0 radical (unpaired) electrons. The maximum atomic E-state index is 12.9. The highest BCUT2D eigenvalue weighted by atomic mass is 32.2. The van der Waals surface area contributed by atoms with E-state index < -0.39 is 22.1 Å². The molecule has 0 saturated heterocycles. The summed E-state index contributed by atoms with van der Waals surface area (Å²) >= 11 is 0. The smallest absolute Gasteiger partial charge is 0.434 e. The number of rotatable bonds is 12. The second-order valence-corrected chi connectivity index (χ2v) is 9.31. The molecule has 0 aliphatic rings. The predicted octanol–water partition coefficient (Wildman–Crippen LogP) is 3.78. The van der Waals surface area contributed by atoms with Crippen molar-refractivity contribution in [2.45, 2.75) is 51.3 Å². The molecule has 0 saturated carbocycles. The normalized spacial score (nSPS) is 10.9. The number of hydrogen-bond donors (Lipinski definition) is 1. The van der Waals surface area contributed by atoms with E-state index in [9.17, 15) is 22.8 Å². The number of nitrogens with zero attached hydrogens (tertiary/aromatic N) is 2. The number of amides is 2. The first-order valence-electron chi connectivity index (χ1n) is 11.5. The van der Waals surface area contributed by atoms with Crippen LogP contribution in [0.4, 0.5) is 4.79 Å². The van der Waals surface area contributed by atoms with Crippen LogP contribution in [0.25, 0.3) is 0 Å². The van der Waals surface area contributed by atoms with E-state index in [2.05, 4.69) is 23.6 Å². The summed E-state index contributed by atoms with van der Waals surface area (Å²) in [5.41, 5.74) is 0.322. The van der Waals surface area contributed by atoms with Crippen molar-refractivity contribution in [1.29, 1.82) is 0 Å². The van der Waals surface area contributed by atoms with Gasteiger partial charge in [0.25, 0.3) is 21.8 Å². The van der Waals surface area contributed by atoms with Crippen molar-refractivity contribution in [1.82, 2.24) is 14.6 Å². The Labute approximate surface area is 205 Å². The van der Waals surface area contributed by atoms with E-state index in [0.717, 1.165) is 31.9 Å². The van der Waals surface area contributed by atoms with Crippen LogP contribution in [0.5, 0.6) is 5.88 Å². The highest BCUT2D eigenvalue weighted by Gasteiger charge is 2.21. The standard InChI is InChI=1S/C24H31N3O7S/c1-4-7-15-27(16-8-5-2)23(29)18-9-12-20(13-10-18)35(31,32)26-22(28)19-11-14-21(25-17-19)34-24(30)33-6-3/h9-14,17H,4-8,15-16H2,1-3H3,(H,26,28). The summed E-state index contributed by atoms with van der Waals surface area (Å²) in [6.07, 6.45) is 3.83. The van der Waals surface area contributed by atoms with Gasteiger partial charge in [-0.15, -0.1) is 0 Å². The fourth-order valence-electron chi connectivity index (χ4n) is 3.02. The van der Waals surface area contributed by atoms with Crippen LogP contribution < -0.4 is 9.46 Å². The lowest BCUT2D eigenvalue weighted by molar-refractivity contribution is 0.0750. The van der Waals surface area contributed by atoms with Crippen LogP contribution in [0.1, 0.15) is 67.2 Å². The van der Waals surface area contributed by atoms with Crippen LogP contribution in [-0.4, -0.2) is 56.0 Å². The molecule has 0 aliphatic heterocycles. The monoisotopic (exact) mass is 505 g/mol. The van der Waals surface area contributed by atoms with E-state index in [4.69, 9.17) is 4.74 Å². The zero-order valence-electron chi connectivity index (χ0n) is 20.2. The second kappa shape index (κ2) is 13.4. The van der Waals surface area contributed by atoms with Gasteiger partial charge in [-0.25, -0.2) is 22.9 Å². The number of carbonyl (C=O) groups excluding carboxylic acids is 3. The predicted molar refractivity (Wildman–Crippen MR) is 129 cm³/mol. The Morgan fingerprint density at radius 1 is 0.914 bits per heavy atom. The number of carbonyl (C=O) groups is 3. The van der Waals surface area contributed by atoms with Gasteiger partial charge in [0.15, 0.2) is 0 Å². The Bertz CT molecular complexity index is 1090. The number of sulfonamides is 1. The van der Waals surface area contributed by atoms with E-state index in [0.29, 0.717) is 18.7 Å². The zero-order valence-corrected chi connectivity index (χ0v) is 21.0. The average molecular weight is 506 g/mol. The van der Waals surface area contributed by atoms with Crippen molar-refractivity contribution in [2.24, 2.45) is 0 Å². The van der Waals surface area contributed by atoms with Crippen LogP contribution in [-0.2, 0) is 14.8 Å². The fraction of sp³-hybridized carbons (Fsp3) is 0.417. The summed E-state index contributed by atoms with van der Waals surface area (Å²) in [7, 11) is -4.19. The van der Waals surface area contributed by atoms with Gasteiger partial charge in [-0.2, -0.15) is 0 Å². The third-order valence-corrected chi connectivity index (χ3v) is 6.28. The van der Waals surface area contributed by atoms with E-state index in [1.165, 1.54) is 36.4 Å². The number of nitrogens with one attached hydrogen (secondary N) is 1. The van der Waals surface area contributed by atoms with Crippen LogP contribution in [0.2, 0.25) is 0 Å². The molecule has 0 bridgehead atoms. The number of hydrogen-bond acceptors (Lipinski definition) is 8. The van der Waals surface area contributed by atoms with Gasteiger partial charge in [-0.3, -0.25) is 9.59 Å². The molecule has 0 aliphatic carbocycles. The first-order chi connectivity index (χ1) is 16.7. The molecular weight excluding hydrogens is 474 g/mol. The van der Waals surface area contributed by atoms with Gasteiger partial charge >= 0.3 is 6.16 Å². The lowest BCUT2D eigenvalue weighted by Crippen LogP contribution is -2.33. The Balaban J connectivity index is 2.07. The number of aromatic nitrogens is 1. The minimum absolute atomic E-state index is 0.0564. The van der Waals surface area contributed by atoms with Crippen molar-refractivity contribution in [3.63, 3.8) is 0 Å². The summed E-state index contributed by atoms with van der Waals surface area (Å²) in [5, 5.41) is 0. The van der Waals surface area contributed by atoms with Crippen molar-refractivity contribution in [2.75, 3.05) is 19.7 Å². The Morgan fingerprint density at radius 2 is 1.51 bits per heavy atom. The summed E-state index contributed by atoms with van der Waals surface area (Å²) in [4.78, 5) is 42.0. The zero-order chi connectivity index (χ0) is 25.8. The van der Waals surface area contributed by atoms with E-state index in [-0.39, 0.29) is 28.9 Å². The van der Waals surface area contributed by atoms with E-state index in [1.54, 1.807) is 11.8 Å². The molecule has 2 rings (SSSR count). The van der Waals surface area contributed by atoms with Gasteiger partial charge in [0, 0.05) is 30.9 Å². The number of ether oxygens (including phenoxy) is 2. The molecule has 2 aromatic rings. The van der Waals surface area contributed by atoms with Crippen LogP contribution in [0.3, 0.4) is 0 Å². The lowest BCUT2D eigenvalue weighted by atomic mass is 10.1. The molecule has 1 aromatic heterocycles. The van der Waals surface area contributed by atoms with Crippen LogP contribution in [0.15, 0.2) is 47.5 Å². The van der Waals surface area contributed by atoms with E-state index in [1.807, 2.05) is 4.72 Å². The Morgan fingerprint density at radius 3 is 2.03 bits per heavy atom. The first-order valence-corrected chi connectivity index (χ1v) is 13.0. The summed E-state index contributed by atoms with van der Waals surface area (Å²) in [6, 6.07) is 7.95. The molecule has 1 N–H and O–H groups in total. The van der Waals surface area contributed by atoms with Gasteiger partial charge < -0.3 is 14.4 Å². The molecule has 10 nitrogen and oxygen atoms in total. The van der Waals surface area contributed by atoms with Gasteiger partial charge in [-0.05, 0) is 50.1 Å². The summed E-state index contributed by atoms with van der Waals surface area (Å²) in [6.45, 7) is 7.13. The fourth-order valence-corrected chi connectivity index (χ4v) is 3.99. The van der Waals surface area contributed by atoms with Gasteiger partial charge in [0.2, 0.25) is 5.88 Å². The number of benzene rings is 1. The maximum absolute atomic E-state index is 12.9. The van der Waals surface area contributed by atoms with Gasteiger partial charge in [0.1, 0.15) is 0 Å². The lowest BCUT2D eigenvalue weighted by Gasteiger charge is -2.22. The van der Waals surface area contributed by atoms with Crippen molar-refractivity contribution in [3.8, 4) is 5.88 Å². The number of unbranched alkanes of at least 4 members (excludes halogenated alkanes) is 2. The largest absolute Gasteiger partial charge is 0.515 e. The third-order valence-electron chi connectivity index (χ3n) is 4.94. The summed E-state index contributed by atoms with van der Waals surface area (Å²) in [5.74, 6) is -1.17. The molecule has 2 amide bonds. The molecule has 0 spiro atoms. The maximum Gasteiger partial charge on any atom is 0.515 e. The molecule has 35 heavy (non-hydrogen) atoms. The van der Waals surface area contributed by atoms with Crippen molar-refractivity contribution in [3.05, 3.63) is 53.7 Å². The molecule has 1 aromatic carbocycles. The quantitative estimate of drug-likeness (QED) is 0.431. The highest BCUT2D eigenvalue weighted by Crippen LogP contribution is 2.15. The van der Waals surface area contributed by atoms with E-state index >= 15 is 0 Å². The average Bonchev–Trinajstić information content (AvgIpc) is 2.84. The molecule has 11 heteroatoms. The molecule has 190 valence electrons. The third kappa shape index (κ3) is 8.36. The molecule has 1 heterocycles. The Hall–Kier alpha value is -3.47. The minimum Gasteiger partial charge on any atom is -0.434 e. The van der Waals surface area contributed by atoms with Gasteiger partial charge in [0.05, 0.1) is 17.1 Å². The second-order valence-electron chi connectivity index (χ2n) is 7.63. The SMILES string of the molecule is CCCCN(CCCC)C(=O)c1ccc(S(=O)(=O)NC(=O)c2ccc(OC(=O)OCC)nc2)cc1. The van der Waals surface area contributed by atoms with Crippen LogP contribution in [0, 0.1) is 0 Å². The minimum atomic E-state index is -4.19. The molecule has 0 fully saturated rings. The molecule has 0 atom stereocenters. The molecule has 0 unspecified atom stereocenters. The van der Waals surface area contributed by atoms with Gasteiger partial charge in [-0.1, -0.05) is 26.7 Å². The van der Waals surface area contributed by atoms with Crippen molar-refractivity contribution < 1.29 is 32.3 Å². The topological polar surface area (TPSA) is 132 Å². The number of pyridine rings is 1. The Kier molecular flexibility index (Phi) is 10.7. The highest BCUT2D eigenvalue weighted by molar-refractivity contribution is 7.90. The molecular formula is C24H31N3O7S. The first kappa shape index (κ1) is 27.8. The van der Waals surface area contributed by atoms with Crippen LogP contribution >= 0.6 is 0 Å². The summed E-state index contributed by atoms with van der Waals surface area (Å²) < 4.78 is 36.7. The van der Waals surface area contributed by atoms with Crippen molar-refractivity contribution >= 4 is 28.0 Å².